The molecule has 0 saturated carbocycles. The van der Waals surface area contributed by atoms with Crippen molar-refractivity contribution >= 4 is 49.9 Å². The first kappa shape index (κ1) is 26.5. The molecule has 2 amide bonds. The number of hydrogen-bond donors (Lipinski definition) is 1. The summed E-state index contributed by atoms with van der Waals surface area (Å²) in [5, 5.41) is 4.80. The lowest BCUT2D eigenvalue weighted by molar-refractivity contribution is -0.140. The molecule has 3 rings (SSSR count). The minimum atomic E-state index is -3.82. The van der Waals surface area contributed by atoms with Crippen molar-refractivity contribution in [1.82, 2.24) is 10.2 Å². The number of anilines is 1. The molecule has 0 heterocycles. The Labute approximate surface area is 211 Å². The van der Waals surface area contributed by atoms with Crippen LogP contribution in [0.25, 0.3) is 10.8 Å². The van der Waals surface area contributed by atoms with Crippen LogP contribution in [0.2, 0.25) is 5.02 Å². The molecule has 0 aromatic heterocycles. The van der Waals surface area contributed by atoms with Crippen LogP contribution in [0.4, 0.5) is 5.69 Å². The quantitative estimate of drug-likeness (QED) is 0.438. The zero-order valence-corrected chi connectivity index (χ0v) is 21.6. The van der Waals surface area contributed by atoms with E-state index in [1.807, 2.05) is 37.3 Å². The molecule has 1 unspecified atom stereocenters. The topological polar surface area (TPSA) is 86.8 Å². The minimum Gasteiger partial charge on any atom is -0.355 e. The zero-order valence-electron chi connectivity index (χ0n) is 20.1. The number of carbonyl (C=O) groups is 2. The van der Waals surface area contributed by atoms with E-state index < -0.39 is 28.5 Å². The first-order valence-electron chi connectivity index (χ1n) is 11.4. The van der Waals surface area contributed by atoms with Gasteiger partial charge in [-0.2, -0.15) is 0 Å². The Morgan fingerprint density at radius 2 is 1.63 bits per heavy atom. The van der Waals surface area contributed by atoms with Crippen molar-refractivity contribution < 1.29 is 18.0 Å². The summed E-state index contributed by atoms with van der Waals surface area (Å²) in [6, 6.07) is 19.0. The third-order valence-electron chi connectivity index (χ3n) is 5.75. The molecular weight excluding hydrogens is 486 g/mol. The third-order valence-corrected chi connectivity index (χ3v) is 7.25. The van der Waals surface area contributed by atoms with Gasteiger partial charge in [0.25, 0.3) is 0 Å². The number of benzene rings is 3. The maximum atomic E-state index is 13.7. The summed E-state index contributed by atoms with van der Waals surface area (Å²) < 4.78 is 26.9. The fourth-order valence-corrected chi connectivity index (χ4v) is 5.10. The summed E-state index contributed by atoms with van der Waals surface area (Å²) >= 11 is 6.36. The van der Waals surface area contributed by atoms with Gasteiger partial charge in [-0.3, -0.25) is 13.9 Å². The van der Waals surface area contributed by atoms with Crippen molar-refractivity contribution in [2.75, 3.05) is 23.7 Å². The molecule has 0 aliphatic rings. The van der Waals surface area contributed by atoms with E-state index in [-0.39, 0.29) is 12.5 Å². The van der Waals surface area contributed by atoms with Crippen molar-refractivity contribution in [1.29, 1.82) is 0 Å². The van der Waals surface area contributed by atoms with Crippen molar-refractivity contribution in [3.63, 3.8) is 0 Å². The first-order chi connectivity index (χ1) is 16.7. The molecule has 1 atom stereocenters. The number of halogens is 1. The summed E-state index contributed by atoms with van der Waals surface area (Å²) in [4.78, 5) is 28.0. The van der Waals surface area contributed by atoms with Crippen LogP contribution in [-0.4, -0.2) is 50.5 Å². The lowest BCUT2D eigenvalue weighted by Crippen LogP contribution is -2.52. The predicted octanol–water partition coefficient (Wildman–Crippen LogP) is 4.20. The Hall–Kier alpha value is -3.10. The van der Waals surface area contributed by atoms with Crippen LogP contribution in [0.5, 0.6) is 0 Å². The molecule has 0 fully saturated rings. The highest BCUT2D eigenvalue weighted by atomic mass is 35.5. The van der Waals surface area contributed by atoms with E-state index in [2.05, 4.69) is 5.32 Å². The molecule has 3 aromatic rings. The number of carbonyl (C=O) groups excluding carboxylic acids is 2. The molecule has 186 valence electrons. The average Bonchev–Trinajstić information content (AvgIpc) is 2.82. The van der Waals surface area contributed by atoms with Gasteiger partial charge < -0.3 is 10.2 Å². The second-order valence-corrected chi connectivity index (χ2v) is 10.5. The highest BCUT2D eigenvalue weighted by Gasteiger charge is 2.32. The lowest BCUT2D eigenvalue weighted by atomic mass is 10.1. The van der Waals surface area contributed by atoms with E-state index in [9.17, 15) is 18.0 Å². The SMILES string of the molecule is CCNC(=O)C(CC)N(Cc1ccccc1Cl)C(=O)CN(c1cccc2ccccc12)S(C)(=O)=O. The molecule has 35 heavy (non-hydrogen) atoms. The minimum absolute atomic E-state index is 0.0707. The van der Waals surface area contributed by atoms with E-state index in [0.29, 0.717) is 34.6 Å². The Morgan fingerprint density at radius 3 is 2.29 bits per heavy atom. The maximum absolute atomic E-state index is 13.7. The van der Waals surface area contributed by atoms with E-state index in [1.165, 1.54) is 4.90 Å². The van der Waals surface area contributed by atoms with Crippen LogP contribution >= 0.6 is 11.6 Å². The van der Waals surface area contributed by atoms with Gasteiger partial charge in [-0.05, 0) is 36.4 Å². The van der Waals surface area contributed by atoms with E-state index >= 15 is 0 Å². The van der Waals surface area contributed by atoms with Crippen LogP contribution in [0.3, 0.4) is 0 Å². The third kappa shape index (κ3) is 6.32. The summed E-state index contributed by atoms with van der Waals surface area (Å²) in [7, 11) is -3.82. The standard InChI is InChI=1S/C26H30ClN3O4S/c1-4-23(26(32)28-5-2)29(17-20-12-7-9-15-22(20)27)25(31)18-30(35(3,33)34)24-16-10-13-19-11-6-8-14-21(19)24/h6-16,23H,4-5,17-18H2,1-3H3,(H,28,32). The van der Waals surface area contributed by atoms with Gasteiger partial charge >= 0.3 is 0 Å². The van der Waals surface area contributed by atoms with Gasteiger partial charge in [-0.15, -0.1) is 0 Å². The van der Waals surface area contributed by atoms with Crippen LogP contribution in [0.15, 0.2) is 66.7 Å². The molecule has 0 spiro atoms. The van der Waals surface area contributed by atoms with Gasteiger partial charge in [0.1, 0.15) is 12.6 Å². The predicted molar refractivity (Wildman–Crippen MR) is 141 cm³/mol. The van der Waals surface area contributed by atoms with Gasteiger partial charge in [0, 0.05) is 23.5 Å². The normalized spacial score (nSPS) is 12.2. The molecule has 0 bridgehead atoms. The summed E-state index contributed by atoms with van der Waals surface area (Å²) in [6.45, 7) is 3.64. The Kier molecular flexibility index (Phi) is 8.75. The molecular formula is C26H30ClN3O4S. The highest BCUT2D eigenvalue weighted by molar-refractivity contribution is 7.92. The molecule has 0 aliphatic carbocycles. The Balaban J connectivity index is 2.04. The number of hydrogen-bond acceptors (Lipinski definition) is 4. The summed E-state index contributed by atoms with van der Waals surface area (Å²) in [6.07, 6.45) is 1.43. The van der Waals surface area contributed by atoms with Crippen LogP contribution in [0, 0.1) is 0 Å². The van der Waals surface area contributed by atoms with Gasteiger partial charge in [0.2, 0.25) is 21.8 Å². The molecule has 0 saturated heterocycles. The highest BCUT2D eigenvalue weighted by Crippen LogP contribution is 2.29. The number of amides is 2. The largest absolute Gasteiger partial charge is 0.355 e. The number of nitrogens with zero attached hydrogens (tertiary/aromatic N) is 2. The van der Waals surface area contributed by atoms with E-state index in [4.69, 9.17) is 11.6 Å². The van der Waals surface area contributed by atoms with Crippen LogP contribution in [0.1, 0.15) is 25.8 Å². The number of rotatable bonds is 10. The summed E-state index contributed by atoms with van der Waals surface area (Å²) in [5.74, 6) is -0.798. The summed E-state index contributed by atoms with van der Waals surface area (Å²) in [5.41, 5.74) is 1.07. The molecule has 7 nitrogen and oxygen atoms in total. The first-order valence-corrected chi connectivity index (χ1v) is 13.7. The number of likely N-dealkylation sites (N-methyl/N-ethyl adjacent to an activating group) is 1. The van der Waals surface area contributed by atoms with Crippen molar-refractivity contribution in [2.45, 2.75) is 32.9 Å². The second kappa shape index (κ2) is 11.6. The van der Waals surface area contributed by atoms with Gasteiger partial charge in [0.05, 0.1) is 11.9 Å². The lowest BCUT2D eigenvalue weighted by Gasteiger charge is -2.33. The van der Waals surface area contributed by atoms with Gasteiger partial charge in [-0.1, -0.05) is 73.1 Å². The number of nitrogens with one attached hydrogen (secondary N) is 1. The number of sulfonamides is 1. The Morgan fingerprint density at radius 1 is 0.971 bits per heavy atom. The fraction of sp³-hybridized carbons (Fsp3) is 0.308. The smallest absolute Gasteiger partial charge is 0.244 e. The van der Waals surface area contributed by atoms with E-state index in [0.717, 1.165) is 15.9 Å². The molecule has 3 aromatic carbocycles. The molecule has 0 radical (unpaired) electrons. The maximum Gasteiger partial charge on any atom is 0.244 e. The van der Waals surface area contributed by atoms with Crippen molar-refractivity contribution in [3.05, 3.63) is 77.3 Å². The fourth-order valence-electron chi connectivity index (χ4n) is 4.04. The average molecular weight is 516 g/mol. The molecule has 0 aliphatic heterocycles. The number of fused-ring (bicyclic) bond motifs is 1. The zero-order chi connectivity index (χ0) is 25.6. The van der Waals surface area contributed by atoms with Crippen LogP contribution in [-0.2, 0) is 26.2 Å². The van der Waals surface area contributed by atoms with E-state index in [1.54, 1.807) is 43.3 Å². The monoisotopic (exact) mass is 515 g/mol. The van der Waals surface area contributed by atoms with Gasteiger partial charge in [-0.25, -0.2) is 8.42 Å². The van der Waals surface area contributed by atoms with Crippen molar-refractivity contribution in [3.8, 4) is 0 Å². The van der Waals surface area contributed by atoms with Crippen molar-refractivity contribution in [2.24, 2.45) is 0 Å². The second-order valence-electron chi connectivity index (χ2n) is 8.20. The van der Waals surface area contributed by atoms with Gasteiger partial charge in [0.15, 0.2) is 0 Å². The van der Waals surface area contributed by atoms with Crippen LogP contribution < -0.4 is 9.62 Å². The molecule has 1 N–H and O–H groups in total. The Bertz CT molecular complexity index is 1310. The molecule has 9 heteroatoms.